The van der Waals surface area contributed by atoms with E-state index in [-0.39, 0.29) is 0 Å². The summed E-state index contributed by atoms with van der Waals surface area (Å²) in [6, 6.07) is 12.2. The average Bonchev–Trinajstić information content (AvgIpc) is 3.00. The number of hydrogen-bond donors (Lipinski definition) is 1. The molecular formula is C16H23N5. The van der Waals surface area contributed by atoms with Crippen LogP contribution in [-0.4, -0.2) is 41.3 Å². The minimum absolute atomic E-state index is 0.695. The molecule has 2 rings (SSSR count). The Morgan fingerprint density at radius 3 is 2.71 bits per heavy atom. The lowest BCUT2D eigenvalue weighted by Crippen LogP contribution is -2.37. The van der Waals surface area contributed by atoms with Gasteiger partial charge in [-0.3, -0.25) is 4.68 Å². The number of aryl methyl sites for hydroxylation is 1. The van der Waals surface area contributed by atoms with E-state index in [9.17, 15) is 0 Å². The fourth-order valence-electron chi connectivity index (χ4n) is 1.98. The molecule has 0 atom stereocenters. The Labute approximate surface area is 126 Å². The smallest absolute Gasteiger partial charge is 0.193 e. The fourth-order valence-corrected chi connectivity index (χ4v) is 1.98. The van der Waals surface area contributed by atoms with Gasteiger partial charge in [-0.2, -0.15) is 5.10 Å². The Hall–Kier alpha value is -2.30. The third kappa shape index (κ3) is 5.30. The molecule has 0 bridgehead atoms. The predicted octanol–water partition coefficient (Wildman–Crippen LogP) is 1.98. The average molecular weight is 285 g/mol. The Bertz CT molecular complexity index is 531. The SMILES string of the molecule is CN(C)C(=NCc1ccccc1)NCCCn1cccn1. The van der Waals surface area contributed by atoms with Gasteiger partial charge in [-0.05, 0) is 18.1 Å². The molecule has 0 aliphatic rings. The second-order valence-electron chi connectivity index (χ2n) is 5.07. The molecule has 1 heterocycles. The van der Waals surface area contributed by atoms with E-state index < -0.39 is 0 Å². The minimum Gasteiger partial charge on any atom is -0.356 e. The number of aliphatic imine (C=N–C) groups is 1. The van der Waals surface area contributed by atoms with Crippen molar-refractivity contribution in [3.8, 4) is 0 Å². The monoisotopic (exact) mass is 285 g/mol. The lowest BCUT2D eigenvalue weighted by Gasteiger charge is -2.17. The number of guanidine groups is 1. The van der Waals surface area contributed by atoms with E-state index in [2.05, 4.69) is 27.5 Å². The molecule has 0 amide bonds. The Balaban J connectivity index is 1.78. The first kappa shape index (κ1) is 15.1. The fraction of sp³-hybridized carbons (Fsp3) is 0.375. The summed E-state index contributed by atoms with van der Waals surface area (Å²) in [5, 5.41) is 7.58. The standard InChI is InChI=1S/C16H23N5/c1-20(2)16(18-14-15-8-4-3-5-9-15)17-10-6-12-21-13-7-11-19-21/h3-5,7-9,11,13H,6,10,12,14H2,1-2H3,(H,17,18). The molecule has 0 radical (unpaired) electrons. The summed E-state index contributed by atoms with van der Waals surface area (Å²) in [4.78, 5) is 6.65. The quantitative estimate of drug-likeness (QED) is 0.501. The van der Waals surface area contributed by atoms with Crippen molar-refractivity contribution < 1.29 is 0 Å². The molecule has 0 saturated carbocycles. The summed E-state index contributed by atoms with van der Waals surface area (Å²) in [7, 11) is 4.01. The van der Waals surface area contributed by atoms with Crippen molar-refractivity contribution >= 4 is 5.96 Å². The van der Waals surface area contributed by atoms with Gasteiger partial charge in [-0.1, -0.05) is 30.3 Å². The molecule has 1 aromatic heterocycles. The summed E-state index contributed by atoms with van der Waals surface area (Å²) < 4.78 is 1.94. The van der Waals surface area contributed by atoms with Gasteiger partial charge in [-0.25, -0.2) is 4.99 Å². The van der Waals surface area contributed by atoms with E-state index in [1.165, 1.54) is 5.56 Å². The van der Waals surface area contributed by atoms with Gasteiger partial charge in [0.05, 0.1) is 6.54 Å². The summed E-state index contributed by atoms with van der Waals surface area (Å²) in [6.45, 7) is 2.49. The van der Waals surface area contributed by atoms with Crippen LogP contribution in [-0.2, 0) is 13.1 Å². The van der Waals surface area contributed by atoms with E-state index in [4.69, 9.17) is 0 Å². The van der Waals surface area contributed by atoms with Crippen molar-refractivity contribution in [2.75, 3.05) is 20.6 Å². The van der Waals surface area contributed by atoms with Crippen molar-refractivity contribution in [2.45, 2.75) is 19.5 Å². The van der Waals surface area contributed by atoms with Crippen LogP contribution >= 0.6 is 0 Å². The highest BCUT2D eigenvalue weighted by Crippen LogP contribution is 2.00. The van der Waals surface area contributed by atoms with E-state index in [0.29, 0.717) is 6.54 Å². The highest BCUT2D eigenvalue weighted by molar-refractivity contribution is 5.79. The summed E-state index contributed by atoms with van der Waals surface area (Å²) in [5.41, 5.74) is 1.22. The van der Waals surface area contributed by atoms with Crippen molar-refractivity contribution in [3.63, 3.8) is 0 Å². The van der Waals surface area contributed by atoms with E-state index in [1.807, 2.05) is 54.1 Å². The molecule has 0 fully saturated rings. The second-order valence-corrected chi connectivity index (χ2v) is 5.07. The van der Waals surface area contributed by atoms with Crippen LogP contribution < -0.4 is 5.32 Å². The minimum atomic E-state index is 0.695. The number of aromatic nitrogens is 2. The van der Waals surface area contributed by atoms with Crippen molar-refractivity contribution in [1.82, 2.24) is 20.0 Å². The number of benzene rings is 1. The Kier molecular flexibility index (Phi) is 5.82. The van der Waals surface area contributed by atoms with Gasteiger partial charge in [0.1, 0.15) is 0 Å². The highest BCUT2D eigenvalue weighted by Gasteiger charge is 2.01. The van der Waals surface area contributed by atoms with Crippen LogP contribution in [0.15, 0.2) is 53.8 Å². The van der Waals surface area contributed by atoms with Crippen molar-refractivity contribution in [2.24, 2.45) is 4.99 Å². The van der Waals surface area contributed by atoms with Crippen molar-refractivity contribution in [1.29, 1.82) is 0 Å². The van der Waals surface area contributed by atoms with Crippen LogP contribution in [0.25, 0.3) is 0 Å². The Morgan fingerprint density at radius 2 is 2.05 bits per heavy atom. The van der Waals surface area contributed by atoms with E-state index in [1.54, 1.807) is 6.20 Å². The number of nitrogens with zero attached hydrogens (tertiary/aromatic N) is 4. The molecule has 5 heteroatoms. The Morgan fingerprint density at radius 1 is 1.24 bits per heavy atom. The van der Waals surface area contributed by atoms with Gasteiger partial charge in [-0.15, -0.1) is 0 Å². The van der Waals surface area contributed by atoms with E-state index in [0.717, 1.165) is 25.5 Å². The normalized spacial score (nSPS) is 11.4. The molecule has 112 valence electrons. The van der Waals surface area contributed by atoms with Gasteiger partial charge in [0.2, 0.25) is 0 Å². The number of nitrogens with one attached hydrogen (secondary N) is 1. The zero-order valence-corrected chi connectivity index (χ0v) is 12.7. The van der Waals surface area contributed by atoms with Crippen LogP contribution in [0.5, 0.6) is 0 Å². The van der Waals surface area contributed by atoms with Crippen LogP contribution in [0.3, 0.4) is 0 Å². The third-order valence-corrected chi connectivity index (χ3v) is 3.08. The van der Waals surface area contributed by atoms with Crippen LogP contribution in [0, 0.1) is 0 Å². The maximum Gasteiger partial charge on any atom is 0.193 e. The predicted molar refractivity (Wildman–Crippen MR) is 86.1 cm³/mol. The molecule has 0 aliphatic heterocycles. The molecule has 0 saturated heterocycles. The first-order chi connectivity index (χ1) is 10.3. The zero-order chi connectivity index (χ0) is 14.9. The first-order valence-electron chi connectivity index (χ1n) is 7.22. The van der Waals surface area contributed by atoms with Crippen molar-refractivity contribution in [3.05, 3.63) is 54.4 Å². The summed E-state index contributed by atoms with van der Waals surface area (Å²) >= 11 is 0. The summed E-state index contributed by atoms with van der Waals surface area (Å²) in [5.74, 6) is 0.916. The van der Waals surface area contributed by atoms with Crippen LogP contribution in [0.4, 0.5) is 0 Å². The number of hydrogen-bond acceptors (Lipinski definition) is 2. The molecule has 1 aromatic carbocycles. The zero-order valence-electron chi connectivity index (χ0n) is 12.7. The topological polar surface area (TPSA) is 45.5 Å². The molecular weight excluding hydrogens is 262 g/mol. The maximum atomic E-state index is 4.64. The second kappa shape index (κ2) is 8.09. The number of rotatable bonds is 6. The molecule has 1 N–H and O–H groups in total. The van der Waals surface area contributed by atoms with Gasteiger partial charge >= 0.3 is 0 Å². The first-order valence-corrected chi connectivity index (χ1v) is 7.22. The lowest BCUT2D eigenvalue weighted by atomic mass is 10.2. The third-order valence-electron chi connectivity index (χ3n) is 3.08. The van der Waals surface area contributed by atoms with Gasteiger partial charge < -0.3 is 10.2 Å². The molecule has 0 spiro atoms. The van der Waals surface area contributed by atoms with Crippen LogP contribution in [0.2, 0.25) is 0 Å². The molecule has 2 aromatic rings. The maximum absolute atomic E-state index is 4.64. The molecule has 0 aliphatic carbocycles. The highest BCUT2D eigenvalue weighted by atomic mass is 15.3. The van der Waals surface area contributed by atoms with Crippen LogP contribution in [0.1, 0.15) is 12.0 Å². The van der Waals surface area contributed by atoms with E-state index >= 15 is 0 Å². The molecule has 21 heavy (non-hydrogen) atoms. The van der Waals surface area contributed by atoms with Gasteiger partial charge in [0, 0.05) is 39.6 Å². The lowest BCUT2D eigenvalue weighted by molar-refractivity contribution is 0.542. The molecule has 0 unspecified atom stereocenters. The molecule has 5 nitrogen and oxygen atoms in total. The summed E-state index contributed by atoms with van der Waals surface area (Å²) in [6.07, 6.45) is 4.80. The van der Waals surface area contributed by atoms with Gasteiger partial charge in [0.15, 0.2) is 5.96 Å². The van der Waals surface area contributed by atoms with Gasteiger partial charge in [0.25, 0.3) is 0 Å². The largest absolute Gasteiger partial charge is 0.356 e.